The monoisotopic (exact) mass is 383 g/mol. The van der Waals surface area contributed by atoms with Crippen molar-refractivity contribution >= 4 is 23.9 Å². The molecule has 2 heterocycles. The molecule has 0 saturated carbocycles. The third-order valence-electron chi connectivity index (χ3n) is 4.00. The van der Waals surface area contributed by atoms with Crippen molar-refractivity contribution in [1.82, 2.24) is 24.9 Å². The van der Waals surface area contributed by atoms with E-state index in [2.05, 4.69) is 33.9 Å². The molecule has 1 unspecified atom stereocenters. The number of imidazole rings is 1. The zero-order valence-electron chi connectivity index (χ0n) is 15.5. The Labute approximate surface area is 159 Å². The quantitative estimate of drug-likeness (QED) is 0.275. The van der Waals surface area contributed by atoms with Gasteiger partial charge < -0.3 is 14.6 Å². The van der Waals surface area contributed by atoms with Crippen molar-refractivity contribution in [2.75, 3.05) is 25.4 Å². The standard InChI is InChI=1S/C17H29N5O3S/c1-3-8-25-12-15-18-10-14(19-15)13(2)21-26-9-6-4-5-7-22-11-16(23)20-17(22)24/h10,13,21H,3-9,11-12H2,1-2H3,(H,18,19)(H,20,23,24). The Balaban J connectivity index is 1.51. The van der Waals surface area contributed by atoms with Crippen LogP contribution in [-0.4, -0.2) is 52.3 Å². The number of hydrogen-bond acceptors (Lipinski definition) is 6. The molecule has 0 radical (unpaired) electrons. The fourth-order valence-electron chi connectivity index (χ4n) is 2.55. The molecule has 1 fully saturated rings. The van der Waals surface area contributed by atoms with E-state index in [0.717, 1.165) is 49.6 Å². The minimum atomic E-state index is -0.265. The SMILES string of the molecule is CCCOCc1ncc(C(C)NSCCCCCN2CC(=O)NC2=O)[nH]1. The molecule has 0 bridgehead atoms. The smallest absolute Gasteiger partial charge is 0.324 e. The number of nitrogens with zero attached hydrogens (tertiary/aromatic N) is 2. The Bertz CT molecular complexity index is 580. The van der Waals surface area contributed by atoms with Gasteiger partial charge in [0.05, 0.1) is 11.7 Å². The summed E-state index contributed by atoms with van der Waals surface area (Å²) in [4.78, 5) is 31.7. The number of rotatable bonds is 13. The maximum absolute atomic E-state index is 11.4. The number of amides is 3. The van der Waals surface area contributed by atoms with E-state index in [1.54, 1.807) is 16.8 Å². The molecule has 3 amide bonds. The first-order valence-corrected chi connectivity index (χ1v) is 10.2. The Morgan fingerprint density at radius 3 is 2.96 bits per heavy atom. The van der Waals surface area contributed by atoms with Crippen LogP contribution in [0.3, 0.4) is 0 Å². The van der Waals surface area contributed by atoms with E-state index < -0.39 is 0 Å². The molecular formula is C17H29N5O3S. The van der Waals surface area contributed by atoms with Gasteiger partial charge in [-0.3, -0.25) is 14.8 Å². The van der Waals surface area contributed by atoms with Crippen molar-refractivity contribution in [3.63, 3.8) is 0 Å². The van der Waals surface area contributed by atoms with Crippen LogP contribution in [0.1, 0.15) is 57.1 Å². The van der Waals surface area contributed by atoms with E-state index in [1.165, 1.54) is 0 Å². The number of aromatic nitrogens is 2. The zero-order chi connectivity index (χ0) is 18.8. The number of H-pyrrole nitrogens is 1. The minimum Gasteiger partial charge on any atom is -0.374 e. The van der Waals surface area contributed by atoms with Crippen LogP contribution in [0.2, 0.25) is 0 Å². The minimum absolute atomic E-state index is 0.187. The van der Waals surface area contributed by atoms with Crippen LogP contribution in [0.15, 0.2) is 6.20 Å². The van der Waals surface area contributed by atoms with Crippen molar-refractivity contribution < 1.29 is 14.3 Å². The van der Waals surface area contributed by atoms with Crippen LogP contribution in [0.5, 0.6) is 0 Å². The molecule has 9 heteroatoms. The Morgan fingerprint density at radius 1 is 1.38 bits per heavy atom. The number of carbonyl (C=O) groups is 2. The first kappa shape index (κ1) is 20.7. The number of aromatic amines is 1. The van der Waals surface area contributed by atoms with Gasteiger partial charge in [-0.15, -0.1) is 0 Å². The van der Waals surface area contributed by atoms with E-state index in [-0.39, 0.29) is 24.5 Å². The number of ether oxygens (including phenoxy) is 1. The summed E-state index contributed by atoms with van der Waals surface area (Å²) in [6, 6.07) is -0.0781. The highest BCUT2D eigenvalue weighted by Gasteiger charge is 2.25. The van der Waals surface area contributed by atoms with Gasteiger partial charge >= 0.3 is 6.03 Å². The lowest BCUT2D eigenvalue weighted by molar-refractivity contribution is -0.118. The summed E-state index contributed by atoms with van der Waals surface area (Å²) in [5.74, 6) is 1.65. The largest absolute Gasteiger partial charge is 0.374 e. The number of imide groups is 1. The number of hydrogen-bond donors (Lipinski definition) is 3. The van der Waals surface area contributed by atoms with Gasteiger partial charge in [0.1, 0.15) is 19.0 Å². The van der Waals surface area contributed by atoms with Crippen molar-refractivity contribution in [2.24, 2.45) is 0 Å². The van der Waals surface area contributed by atoms with Gasteiger partial charge in [-0.1, -0.05) is 25.3 Å². The van der Waals surface area contributed by atoms with Crippen LogP contribution in [0, 0.1) is 0 Å². The highest BCUT2D eigenvalue weighted by molar-refractivity contribution is 7.97. The number of carbonyl (C=O) groups excluding carboxylic acids is 2. The Hall–Kier alpha value is -1.58. The van der Waals surface area contributed by atoms with E-state index in [4.69, 9.17) is 4.74 Å². The van der Waals surface area contributed by atoms with Crippen molar-refractivity contribution in [2.45, 2.75) is 52.2 Å². The summed E-state index contributed by atoms with van der Waals surface area (Å²) in [6.07, 6.45) is 5.87. The summed E-state index contributed by atoms with van der Waals surface area (Å²) >= 11 is 1.69. The van der Waals surface area contributed by atoms with Gasteiger partial charge in [0.2, 0.25) is 5.91 Å². The highest BCUT2D eigenvalue weighted by atomic mass is 32.2. The molecule has 1 aromatic heterocycles. The molecule has 0 spiro atoms. The number of nitrogens with one attached hydrogen (secondary N) is 3. The normalized spacial score (nSPS) is 15.5. The fourth-order valence-corrected chi connectivity index (χ4v) is 3.39. The zero-order valence-corrected chi connectivity index (χ0v) is 16.4. The molecular weight excluding hydrogens is 354 g/mol. The fraction of sp³-hybridized carbons (Fsp3) is 0.706. The lowest BCUT2D eigenvalue weighted by Gasteiger charge is -2.13. The maximum atomic E-state index is 11.4. The van der Waals surface area contributed by atoms with Gasteiger partial charge in [0.15, 0.2) is 0 Å². The molecule has 1 atom stereocenters. The molecule has 146 valence electrons. The maximum Gasteiger partial charge on any atom is 0.324 e. The topological polar surface area (TPSA) is 99.3 Å². The summed E-state index contributed by atoms with van der Waals surface area (Å²) in [5.41, 5.74) is 1.05. The molecule has 8 nitrogen and oxygen atoms in total. The Kier molecular flexibility index (Phi) is 8.93. The average molecular weight is 384 g/mol. The van der Waals surface area contributed by atoms with Gasteiger partial charge in [-0.2, -0.15) is 0 Å². The van der Waals surface area contributed by atoms with Gasteiger partial charge in [-0.25, -0.2) is 9.78 Å². The molecule has 3 N–H and O–H groups in total. The lowest BCUT2D eigenvalue weighted by atomic mass is 10.2. The molecule has 1 aliphatic heterocycles. The van der Waals surface area contributed by atoms with Gasteiger partial charge in [-0.05, 0) is 26.2 Å². The van der Waals surface area contributed by atoms with Gasteiger partial charge in [0.25, 0.3) is 0 Å². The molecule has 26 heavy (non-hydrogen) atoms. The second-order valence-corrected chi connectivity index (χ2v) is 7.29. The third kappa shape index (κ3) is 6.97. The first-order valence-electron chi connectivity index (χ1n) is 9.17. The molecule has 2 rings (SSSR count). The molecule has 1 aromatic rings. The predicted octanol–water partition coefficient (Wildman–Crippen LogP) is 2.36. The van der Waals surface area contributed by atoms with Crippen LogP contribution >= 0.6 is 11.9 Å². The van der Waals surface area contributed by atoms with Crippen molar-refractivity contribution in [3.8, 4) is 0 Å². The summed E-state index contributed by atoms with van der Waals surface area (Å²) < 4.78 is 8.89. The Morgan fingerprint density at radius 2 is 2.23 bits per heavy atom. The summed E-state index contributed by atoms with van der Waals surface area (Å²) in [5, 5.41) is 2.29. The molecule has 1 aliphatic rings. The molecule has 1 saturated heterocycles. The first-order chi connectivity index (χ1) is 12.6. The van der Waals surface area contributed by atoms with E-state index in [0.29, 0.717) is 13.2 Å². The van der Waals surface area contributed by atoms with Crippen LogP contribution < -0.4 is 10.0 Å². The second kappa shape index (κ2) is 11.2. The van der Waals surface area contributed by atoms with Crippen LogP contribution in [0.4, 0.5) is 4.79 Å². The van der Waals surface area contributed by atoms with E-state index in [1.807, 2.05) is 6.20 Å². The number of unbranched alkanes of at least 4 members (excludes halogenated alkanes) is 2. The summed E-state index contributed by atoms with van der Waals surface area (Å²) in [6.45, 7) is 6.29. The highest BCUT2D eigenvalue weighted by Crippen LogP contribution is 2.15. The predicted molar refractivity (Wildman–Crippen MR) is 102 cm³/mol. The average Bonchev–Trinajstić information content (AvgIpc) is 3.20. The lowest BCUT2D eigenvalue weighted by Crippen LogP contribution is -2.29. The second-order valence-electron chi connectivity index (χ2n) is 6.36. The molecule has 0 aromatic carbocycles. The van der Waals surface area contributed by atoms with Crippen LogP contribution in [-0.2, 0) is 16.1 Å². The third-order valence-corrected chi connectivity index (χ3v) is 5.02. The summed E-state index contributed by atoms with van der Waals surface area (Å²) in [7, 11) is 0. The van der Waals surface area contributed by atoms with Crippen molar-refractivity contribution in [1.29, 1.82) is 0 Å². The van der Waals surface area contributed by atoms with Crippen molar-refractivity contribution in [3.05, 3.63) is 17.7 Å². The van der Waals surface area contributed by atoms with Crippen LogP contribution in [0.25, 0.3) is 0 Å². The van der Waals surface area contributed by atoms with E-state index >= 15 is 0 Å². The van der Waals surface area contributed by atoms with Gasteiger partial charge in [0, 0.05) is 25.1 Å². The molecule has 0 aliphatic carbocycles. The number of urea groups is 1. The van der Waals surface area contributed by atoms with E-state index in [9.17, 15) is 9.59 Å².